The van der Waals surface area contributed by atoms with Crippen LogP contribution < -0.4 is 0 Å². The van der Waals surface area contributed by atoms with Crippen molar-refractivity contribution in [1.29, 1.82) is 0 Å². The van der Waals surface area contributed by atoms with Gasteiger partial charge in [-0.3, -0.25) is 4.90 Å². The third-order valence-corrected chi connectivity index (χ3v) is 3.98. The molecule has 0 aromatic rings. The van der Waals surface area contributed by atoms with Crippen LogP contribution in [0.2, 0.25) is 0 Å². The van der Waals surface area contributed by atoms with E-state index in [1.165, 1.54) is 44.3 Å². The van der Waals surface area contributed by atoms with Crippen LogP contribution in [0.4, 0.5) is 0 Å². The van der Waals surface area contributed by atoms with Gasteiger partial charge in [0.1, 0.15) is 0 Å². The molecule has 1 rings (SSSR count). The summed E-state index contributed by atoms with van der Waals surface area (Å²) < 4.78 is 0. The summed E-state index contributed by atoms with van der Waals surface area (Å²) in [5, 5.41) is 0. The van der Waals surface area contributed by atoms with E-state index in [0.717, 1.165) is 23.8 Å². The number of hydrogen-bond donors (Lipinski definition) is 0. The molecule has 18 heavy (non-hydrogen) atoms. The molecule has 1 heteroatoms. The minimum atomic E-state index is 0.779. The Balaban J connectivity index is 2.40. The molecular weight excluding hydrogens is 218 g/mol. The molecule has 0 spiro atoms. The van der Waals surface area contributed by atoms with Crippen molar-refractivity contribution in [3.05, 3.63) is 12.2 Å². The van der Waals surface area contributed by atoms with E-state index in [2.05, 4.69) is 46.1 Å². The second kappa shape index (κ2) is 7.33. The van der Waals surface area contributed by atoms with E-state index in [-0.39, 0.29) is 0 Å². The summed E-state index contributed by atoms with van der Waals surface area (Å²) in [5.41, 5.74) is 1.50. The maximum absolute atomic E-state index is 4.26. The van der Waals surface area contributed by atoms with Crippen LogP contribution in [0.25, 0.3) is 0 Å². The van der Waals surface area contributed by atoms with Crippen LogP contribution in [-0.4, -0.2) is 24.0 Å². The van der Waals surface area contributed by atoms with Gasteiger partial charge in [0.25, 0.3) is 0 Å². The molecule has 1 aliphatic rings. The van der Waals surface area contributed by atoms with Crippen molar-refractivity contribution in [3.63, 3.8) is 0 Å². The summed E-state index contributed by atoms with van der Waals surface area (Å²) in [6.45, 7) is 18.4. The zero-order valence-corrected chi connectivity index (χ0v) is 13.2. The highest BCUT2D eigenvalue weighted by molar-refractivity contribution is 5.08. The zero-order valence-electron chi connectivity index (χ0n) is 13.2. The summed E-state index contributed by atoms with van der Waals surface area (Å²) in [5.74, 6) is 2.38. The molecule has 0 aliphatic heterocycles. The van der Waals surface area contributed by atoms with Crippen LogP contribution in [0, 0.1) is 17.8 Å². The molecule has 1 fully saturated rings. The lowest BCUT2D eigenvalue weighted by Gasteiger charge is -2.45. The Morgan fingerprint density at radius 2 is 1.61 bits per heavy atom. The number of nitrogens with zero attached hydrogens (tertiary/aromatic N) is 1. The standard InChI is InChI=1S/C17H33N/c1-7-8-15(6)16-9-17(10-16)18(11-13(2)3)12-14(4)5/h13-14,16-17H,6-12H2,1-5H3. The lowest BCUT2D eigenvalue weighted by atomic mass is 9.73. The molecule has 0 N–H and O–H groups in total. The van der Waals surface area contributed by atoms with E-state index in [9.17, 15) is 0 Å². The van der Waals surface area contributed by atoms with Crippen LogP contribution in [-0.2, 0) is 0 Å². The largest absolute Gasteiger partial charge is 0.300 e. The van der Waals surface area contributed by atoms with Crippen LogP contribution >= 0.6 is 0 Å². The average Bonchev–Trinajstić information content (AvgIpc) is 2.12. The fourth-order valence-electron chi connectivity index (χ4n) is 3.06. The quantitative estimate of drug-likeness (QED) is 0.563. The summed E-state index contributed by atoms with van der Waals surface area (Å²) >= 11 is 0. The van der Waals surface area contributed by atoms with Crippen molar-refractivity contribution in [2.45, 2.75) is 66.3 Å². The summed E-state index contributed by atoms with van der Waals surface area (Å²) in [4.78, 5) is 2.73. The smallest absolute Gasteiger partial charge is 0.0107 e. The molecule has 0 unspecified atom stereocenters. The molecule has 0 amide bonds. The van der Waals surface area contributed by atoms with Crippen molar-refractivity contribution >= 4 is 0 Å². The van der Waals surface area contributed by atoms with Gasteiger partial charge in [-0.25, -0.2) is 0 Å². The van der Waals surface area contributed by atoms with Gasteiger partial charge in [0.2, 0.25) is 0 Å². The van der Waals surface area contributed by atoms with Gasteiger partial charge in [-0.2, -0.15) is 0 Å². The Labute approximate surface area is 115 Å². The molecular formula is C17H33N. The molecule has 0 heterocycles. The van der Waals surface area contributed by atoms with Crippen molar-refractivity contribution in [2.75, 3.05) is 13.1 Å². The van der Waals surface area contributed by atoms with Crippen molar-refractivity contribution in [1.82, 2.24) is 4.90 Å². The molecule has 1 nitrogen and oxygen atoms in total. The summed E-state index contributed by atoms with van der Waals surface area (Å²) in [6, 6.07) is 0.827. The van der Waals surface area contributed by atoms with E-state index in [1.54, 1.807) is 0 Å². The fourth-order valence-corrected chi connectivity index (χ4v) is 3.06. The lowest BCUT2D eigenvalue weighted by Crippen LogP contribution is -2.48. The number of hydrogen-bond acceptors (Lipinski definition) is 1. The van der Waals surface area contributed by atoms with E-state index in [1.807, 2.05) is 0 Å². The van der Waals surface area contributed by atoms with Crippen LogP contribution in [0.5, 0.6) is 0 Å². The van der Waals surface area contributed by atoms with Gasteiger partial charge in [-0.05, 0) is 37.0 Å². The molecule has 0 bridgehead atoms. The Hall–Kier alpha value is -0.300. The van der Waals surface area contributed by atoms with Crippen molar-refractivity contribution in [2.24, 2.45) is 17.8 Å². The van der Waals surface area contributed by atoms with Gasteiger partial charge in [0.05, 0.1) is 0 Å². The summed E-state index contributed by atoms with van der Waals surface area (Å²) in [6.07, 6.45) is 5.20. The Morgan fingerprint density at radius 1 is 1.11 bits per heavy atom. The molecule has 0 saturated heterocycles. The van der Waals surface area contributed by atoms with E-state index < -0.39 is 0 Å². The molecule has 0 aromatic heterocycles. The first-order chi connectivity index (χ1) is 8.43. The predicted molar refractivity (Wildman–Crippen MR) is 81.8 cm³/mol. The lowest BCUT2D eigenvalue weighted by molar-refractivity contribution is 0.0703. The van der Waals surface area contributed by atoms with Gasteiger partial charge in [-0.15, -0.1) is 0 Å². The Bertz CT molecular complexity index is 238. The molecule has 106 valence electrons. The fraction of sp³-hybridized carbons (Fsp3) is 0.882. The first-order valence-electron chi connectivity index (χ1n) is 7.85. The number of rotatable bonds is 8. The van der Waals surface area contributed by atoms with Gasteiger partial charge in [-0.1, -0.05) is 53.2 Å². The zero-order chi connectivity index (χ0) is 13.7. The first kappa shape index (κ1) is 15.8. The van der Waals surface area contributed by atoms with Crippen LogP contribution in [0.1, 0.15) is 60.3 Å². The molecule has 0 aromatic carbocycles. The van der Waals surface area contributed by atoms with Gasteiger partial charge >= 0.3 is 0 Å². The van der Waals surface area contributed by atoms with Gasteiger partial charge in [0, 0.05) is 19.1 Å². The van der Waals surface area contributed by atoms with Crippen LogP contribution in [0.15, 0.2) is 12.2 Å². The van der Waals surface area contributed by atoms with Crippen molar-refractivity contribution in [3.8, 4) is 0 Å². The maximum atomic E-state index is 4.26. The highest BCUT2D eigenvalue weighted by atomic mass is 15.2. The SMILES string of the molecule is C=C(CCC)C1CC(N(CC(C)C)CC(C)C)C1. The summed E-state index contributed by atoms with van der Waals surface area (Å²) in [7, 11) is 0. The Kier molecular flexibility index (Phi) is 6.42. The predicted octanol–water partition coefficient (Wildman–Crippen LogP) is 4.74. The van der Waals surface area contributed by atoms with E-state index in [4.69, 9.17) is 0 Å². The minimum absolute atomic E-state index is 0.779. The highest BCUT2D eigenvalue weighted by Gasteiger charge is 2.34. The average molecular weight is 251 g/mol. The highest BCUT2D eigenvalue weighted by Crippen LogP contribution is 2.38. The third kappa shape index (κ3) is 4.76. The molecule has 1 saturated carbocycles. The van der Waals surface area contributed by atoms with Crippen molar-refractivity contribution < 1.29 is 0 Å². The molecule has 1 aliphatic carbocycles. The van der Waals surface area contributed by atoms with Gasteiger partial charge < -0.3 is 0 Å². The Morgan fingerprint density at radius 3 is 2.00 bits per heavy atom. The molecule has 0 atom stereocenters. The third-order valence-electron chi connectivity index (χ3n) is 3.98. The van der Waals surface area contributed by atoms with E-state index in [0.29, 0.717) is 0 Å². The topological polar surface area (TPSA) is 3.24 Å². The normalized spacial score (nSPS) is 23.8. The first-order valence-corrected chi connectivity index (χ1v) is 7.85. The maximum Gasteiger partial charge on any atom is 0.0107 e. The van der Waals surface area contributed by atoms with E-state index >= 15 is 0 Å². The second-order valence-electron chi connectivity index (χ2n) is 6.97. The minimum Gasteiger partial charge on any atom is -0.300 e. The molecule has 0 radical (unpaired) electrons. The second-order valence-corrected chi connectivity index (χ2v) is 6.97. The van der Waals surface area contributed by atoms with Gasteiger partial charge in [0.15, 0.2) is 0 Å². The number of allylic oxidation sites excluding steroid dienone is 1. The monoisotopic (exact) mass is 251 g/mol. The van der Waals surface area contributed by atoms with Crippen LogP contribution in [0.3, 0.4) is 0 Å².